The summed E-state index contributed by atoms with van der Waals surface area (Å²) in [4.78, 5) is 25.2. The van der Waals surface area contributed by atoms with Gasteiger partial charge in [-0.15, -0.1) is 0 Å². The first-order chi connectivity index (χ1) is 13.8. The number of carbonyl (C=O) groups is 2. The molecule has 0 aliphatic carbocycles. The molecule has 3 rings (SSSR count). The van der Waals surface area contributed by atoms with Gasteiger partial charge in [0.2, 0.25) is 11.8 Å². The van der Waals surface area contributed by atoms with Gasteiger partial charge in [0, 0.05) is 24.1 Å². The highest BCUT2D eigenvalue weighted by Crippen LogP contribution is 2.37. The zero-order chi connectivity index (χ0) is 21.1. The summed E-state index contributed by atoms with van der Waals surface area (Å²) in [6, 6.07) is 10.6. The lowest BCUT2D eigenvalue weighted by molar-refractivity contribution is -0.119. The molecule has 7 heteroatoms. The molecule has 4 N–H and O–H groups in total. The number of carbonyl (C=O) groups excluding carboxylic acids is 2. The van der Waals surface area contributed by atoms with Crippen molar-refractivity contribution in [3.05, 3.63) is 58.7 Å². The SMILES string of the molecule is CC(=O)N1c2ccc(C(N)=O)cc2C[C@@H](Cc2c(C)cccc2OCCO)[C@@H]1O. The second-order valence-corrected chi connectivity index (χ2v) is 7.30. The lowest BCUT2D eigenvalue weighted by Gasteiger charge is -2.39. The number of amides is 2. The van der Waals surface area contributed by atoms with E-state index in [1.807, 2.05) is 25.1 Å². The number of nitrogens with two attached hydrogens (primary N) is 1. The van der Waals surface area contributed by atoms with Crippen molar-refractivity contribution < 1.29 is 24.5 Å². The molecule has 29 heavy (non-hydrogen) atoms. The number of hydrogen-bond acceptors (Lipinski definition) is 5. The van der Waals surface area contributed by atoms with Gasteiger partial charge in [0.25, 0.3) is 0 Å². The Hall–Kier alpha value is -2.90. The van der Waals surface area contributed by atoms with Gasteiger partial charge in [-0.3, -0.25) is 14.5 Å². The zero-order valence-corrected chi connectivity index (χ0v) is 16.6. The molecule has 2 amide bonds. The maximum Gasteiger partial charge on any atom is 0.248 e. The van der Waals surface area contributed by atoms with Crippen LogP contribution in [-0.2, 0) is 17.6 Å². The van der Waals surface area contributed by atoms with Crippen molar-refractivity contribution in [3.8, 4) is 5.75 Å². The number of rotatable bonds is 6. The Balaban J connectivity index is 1.98. The van der Waals surface area contributed by atoms with E-state index in [0.717, 1.165) is 16.7 Å². The van der Waals surface area contributed by atoms with E-state index in [-0.39, 0.29) is 25.0 Å². The first-order valence-electron chi connectivity index (χ1n) is 9.56. The van der Waals surface area contributed by atoms with Crippen LogP contribution in [-0.4, -0.2) is 41.5 Å². The number of aliphatic hydroxyl groups excluding tert-OH is 2. The fraction of sp³-hybridized carbons (Fsp3) is 0.364. The summed E-state index contributed by atoms with van der Waals surface area (Å²) < 4.78 is 5.66. The lowest BCUT2D eigenvalue weighted by atomic mass is 9.84. The maximum absolute atomic E-state index is 12.3. The number of fused-ring (bicyclic) bond motifs is 1. The number of aryl methyl sites for hydroxylation is 1. The van der Waals surface area contributed by atoms with E-state index in [0.29, 0.717) is 29.8 Å². The van der Waals surface area contributed by atoms with E-state index >= 15 is 0 Å². The first kappa shape index (κ1) is 20.8. The third-order valence-corrected chi connectivity index (χ3v) is 5.31. The number of aliphatic hydroxyl groups is 2. The van der Waals surface area contributed by atoms with Crippen LogP contribution < -0.4 is 15.4 Å². The number of primary amides is 1. The van der Waals surface area contributed by atoms with Gasteiger partial charge in [-0.05, 0) is 60.7 Å². The Labute approximate surface area is 169 Å². The number of anilines is 1. The standard InChI is InChI=1S/C22H26N2O5/c1-13-4-3-5-20(29-9-8-25)18(13)12-17-11-16-10-15(21(23)27)6-7-19(16)24(14(2)26)22(17)28/h3-7,10,17,22,25,28H,8-9,11-12H2,1-2H3,(H2,23,27)/t17-,22-/m0/s1. The number of benzene rings is 2. The van der Waals surface area contributed by atoms with Crippen molar-refractivity contribution in [2.75, 3.05) is 18.1 Å². The Bertz CT molecular complexity index is 927. The predicted octanol–water partition coefficient (Wildman–Crippen LogP) is 1.55. The van der Waals surface area contributed by atoms with E-state index in [9.17, 15) is 14.7 Å². The molecule has 0 saturated carbocycles. The molecule has 0 spiro atoms. The summed E-state index contributed by atoms with van der Waals surface area (Å²) in [5.41, 5.74) is 9.07. The largest absolute Gasteiger partial charge is 0.491 e. The van der Waals surface area contributed by atoms with Crippen LogP contribution in [0.15, 0.2) is 36.4 Å². The molecule has 2 aromatic carbocycles. The van der Waals surface area contributed by atoms with E-state index in [2.05, 4.69) is 0 Å². The molecular formula is C22H26N2O5. The molecule has 2 aromatic rings. The van der Waals surface area contributed by atoms with Crippen LogP contribution >= 0.6 is 0 Å². The quantitative estimate of drug-likeness (QED) is 0.683. The Kier molecular flexibility index (Phi) is 6.20. The van der Waals surface area contributed by atoms with Crippen LogP contribution in [0.25, 0.3) is 0 Å². The second kappa shape index (κ2) is 8.63. The topological polar surface area (TPSA) is 113 Å². The summed E-state index contributed by atoms with van der Waals surface area (Å²) in [5.74, 6) is -0.468. The fourth-order valence-electron chi connectivity index (χ4n) is 3.90. The minimum absolute atomic E-state index is 0.0964. The molecule has 0 aromatic heterocycles. The van der Waals surface area contributed by atoms with Gasteiger partial charge in [-0.2, -0.15) is 0 Å². The molecule has 1 aliphatic heterocycles. The van der Waals surface area contributed by atoms with Crippen LogP contribution in [0, 0.1) is 12.8 Å². The van der Waals surface area contributed by atoms with Gasteiger partial charge < -0.3 is 20.7 Å². The minimum Gasteiger partial charge on any atom is -0.491 e. The van der Waals surface area contributed by atoms with E-state index in [1.165, 1.54) is 11.8 Å². The minimum atomic E-state index is -1.01. The average Bonchev–Trinajstić information content (AvgIpc) is 2.68. The molecule has 1 aliphatic rings. The van der Waals surface area contributed by atoms with E-state index < -0.39 is 12.1 Å². The Morgan fingerprint density at radius 1 is 1.28 bits per heavy atom. The van der Waals surface area contributed by atoms with Crippen molar-refractivity contribution in [3.63, 3.8) is 0 Å². The summed E-state index contributed by atoms with van der Waals surface area (Å²) in [6.07, 6.45) is -0.0573. The number of hydrogen-bond donors (Lipinski definition) is 3. The molecule has 0 bridgehead atoms. The van der Waals surface area contributed by atoms with Gasteiger partial charge in [-0.1, -0.05) is 12.1 Å². The van der Waals surface area contributed by atoms with Crippen molar-refractivity contribution in [1.82, 2.24) is 0 Å². The molecule has 0 unspecified atom stereocenters. The normalized spacial score (nSPS) is 18.3. The Morgan fingerprint density at radius 3 is 2.69 bits per heavy atom. The highest BCUT2D eigenvalue weighted by atomic mass is 16.5. The first-order valence-corrected chi connectivity index (χ1v) is 9.56. The number of nitrogens with zero attached hydrogens (tertiary/aromatic N) is 1. The van der Waals surface area contributed by atoms with Crippen molar-refractivity contribution >= 4 is 17.5 Å². The van der Waals surface area contributed by atoms with E-state index in [4.69, 9.17) is 15.6 Å². The van der Waals surface area contributed by atoms with Gasteiger partial charge >= 0.3 is 0 Å². The molecule has 0 fully saturated rings. The monoisotopic (exact) mass is 398 g/mol. The zero-order valence-electron chi connectivity index (χ0n) is 16.6. The molecule has 0 saturated heterocycles. The third-order valence-electron chi connectivity index (χ3n) is 5.31. The predicted molar refractivity (Wildman–Crippen MR) is 109 cm³/mol. The van der Waals surface area contributed by atoms with Crippen molar-refractivity contribution in [2.24, 2.45) is 11.7 Å². The fourth-order valence-corrected chi connectivity index (χ4v) is 3.90. The molecule has 1 heterocycles. The summed E-state index contributed by atoms with van der Waals surface area (Å²) in [5, 5.41) is 20.1. The van der Waals surface area contributed by atoms with Crippen LogP contribution in [0.3, 0.4) is 0 Å². The smallest absolute Gasteiger partial charge is 0.248 e. The maximum atomic E-state index is 12.3. The van der Waals surface area contributed by atoms with Crippen molar-refractivity contribution in [1.29, 1.82) is 0 Å². The van der Waals surface area contributed by atoms with E-state index in [1.54, 1.807) is 18.2 Å². The van der Waals surface area contributed by atoms with Gasteiger partial charge in [0.15, 0.2) is 0 Å². The molecule has 0 radical (unpaired) electrons. The van der Waals surface area contributed by atoms with Crippen LogP contribution in [0.2, 0.25) is 0 Å². The second-order valence-electron chi connectivity index (χ2n) is 7.30. The summed E-state index contributed by atoms with van der Waals surface area (Å²) >= 11 is 0. The van der Waals surface area contributed by atoms with Gasteiger partial charge in [0.05, 0.1) is 6.61 Å². The third kappa shape index (κ3) is 4.26. The average molecular weight is 398 g/mol. The van der Waals surface area contributed by atoms with Crippen LogP contribution in [0.5, 0.6) is 5.75 Å². The Morgan fingerprint density at radius 2 is 2.03 bits per heavy atom. The van der Waals surface area contributed by atoms with Crippen LogP contribution in [0.4, 0.5) is 5.69 Å². The highest BCUT2D eigenvalue weighted by molar-refractivity contribution is 5.96. The van der Waals surface area contributed by atoms with Gasteiger partial charge in [0.1, 0.15) is 18.6 Å². The van der Waals surface area contributed by atoms with Crippen molar-refractivity contribution in [2.45, 2.75) is 32.9 Å². The number of ether oxygens (including phenoxy) is 1. The highest BCUT2D eigenvalue weighted by Gasteiger charge is 2.36. The lowest BCUT2D eigenvalue weighted by Crippen LogP contribution is -2.48. The molecule has 154 valence electrons. The summed E-state index contributed by atoms with van der Waals surface area (Å²) in [6.45, 7) is 3.44. The van der Waals surface area contributed by atoms with Gasteiger partial charge in [-0.25, -0.2) is 0 Å². The molecular weight excluding hydrogens is 372 g/mol. The molecule has 2 atom stereocenters. The summed E-state index contributed by atoms with van der Waals surface area (Å²) in [7, 11) is 0. The van der Waals surface area contributed by atoms with Crippen LogP contribution in [0.1, 0.15) is 34.0 Å². The molecule has 7 nitrogen and oxygen atoms in total.